The lowest BCUT2D eigenvalue weighted by Crippen LogP contribution is -2.22. The summed E-state index contributed by atoms with van der Waals surface area (Å²) in [5.41, 5.74) is 10.0. The summed E-state index contributed by atoms with van der Waals surface area (Å²) in [6.07, 6.45) is 0. The zero-order chi connectivity index (χ0) is 17.6. The zero-order valence-corrected chi connectivity index (χ0v) is 13.7. The summed E-state index contributed by atoms with van der Waals surface area (Å²) in [5, 5.41) is 2.42. The average molecular weight is 363 g/mol. The Hall–Kier alpha value is -2.20. The zero-order valence-electron chi connectivity index (χ0n) is 12.1. The number of carbonyl (C=O) groups is 4. The number of primary amides is 2. The first kappa shape index (κ1) is 18.8. The van der Waals surface area contributed by atoms with Crippen LogP contribution in [0.1, 0.15) is 27.6 Å². The fourth-order valence-electron chi connectivity index (χ4n) is 1.67. The van der Waals surface area contributed by atoms with E-state index in [0.717, 1.165) is 11.8 Å². The van der Waals surface area contributed by atoms with Crippen LogP contribution >= 0.6 is 23.4 Å². The number of thioether (sulfide) groups is 1. The van der Waals surface area contributed by atoms with E-state index in [9.17, 15) is 19.2 Å². The lowest BCUT2D eigenvalue weighted by molar-refractivity contribution is -0.139. The number of hydrogen-bond donors (Lipinski definition) is 4. The molecule has 0 atom stereocenters. The topological polar surface area (TPSA) is 157 Å². The number of hydrogen-bond acceptors (Lipinski definition) is 6. The second-order valence-electron chi connectivity index (χ2n) is 4.08. The minimum atomic E-state index is -0.970. The van der Waals surface area contributed by atoms with Gasteiger partial charge in [0.1, 0.15) is 11.7 Å². The van der Waals surface area contributed by atoms with E-state index in [0.29, 0.717) is 0 Å². The molecular formula is C12H15ClN4O5S. The molecule has 0 unspecified atom stereocenters. The molecular weight excluding hydrogens is 348 g/mol. The molecule has 1 aromatic heterocycles. The van der Waals surface area contributed by atoms with Gasteiger partial charge in [0.25, 0.3) is 11.8 Å². The van der Waals surface area contributed by atoms with Crippen LogP contribution in [0.5, 0.6) is 0 Å². The van der Waals surface area contributed by atoms with E-state index in [2.05, 4.69) is 10.3 Å². The van der Waals surface area contributed by atoms with Gasteiger partial charge in [-0.2, -0.15) is 0 Å². The number of rotatable bonds is 8. The molecule has 1 heterocycles. The third kappa shape index (κ3) is 4.89. The highest BCUT2D eigenvalue weighted by Crippen LogP contribution is 2.30. The molecule has 1 rings (SSSR count). The van der Waals surface area contributed by atoms with Crippen LogP contribution in [0.15, 0.2) is 5.03 Å². The molecule has 0 saturated carbocycles. The van der Waals surface area contributed by atoms with Gasteiger partial charge < -0.3 is 26.5 Å². The number of amides is 3. The van der Waals surface area contributed by atoms with Crippen molar-refractivity contribution in [2.45, 2.75) is 11.9 Å². The van der Waals surface area contributed by atoms with Gasteiger partial charge in [-0.1, -0.05) is 11.8 Å². The predicted molar refractivity (Wildman–Crippen MR) is 84.5 cm³/mol. The fourth-order valence-corrected chi connectivity index (χ4v) is 2.60. The molecule has 0 aliphatic carbocycles. The molecule has 0 aromatic carbocycles. The molecule has 0 spiro atoms. The van der Waals surface area contributed by atoms with Gasteiger partial charge in [0.05, 0.1) is 28.5 Å². The van der Waals surface area contributed by atoms with Crippen molar-refractivity contribution < 1.29 is 23.9 Å². The number of esters is 1. The summed E-state index contributed by atoms with van der Waals surface area (Å²) in [5.74, 6) is -3.65. The number of nitrogens with two attached hydrogens (primary N) is 2. The molecule has 11 heteroatoms. The van der Waals surface area contributed by atoms with E-state index in [1.165, 1.54) is 0 Å². The predicted octanol–water partition coefficient (Wildman–Crippen LogP) is 0.0450. The van der Waals surface area contributed by atoms with Crippen molar-refractivity contribution in [3.8, 4) is 0 Å². The summed E-state index contributed by atoms with van der Waals surface area (Å²) in [6, 6.07) is 0. The number of H-pyrrole nitrogens is 1. The Morgan fingerprint density at radius 3 is 2.30 bits per heavy atom. The lowest BCUT2D eigenvalue weighted by atomic mass is 10.1. The van der Waals surface area contributed by atoms with Gasteiger partial charge in [-0.05, 0) is 6.92 Å². The van der Waals surface area contributed by atoms with Crippen molar-refractivity contribution in [1.29, 1.82) is 0 Å². The Labute approximate surface area is 140 Å². The summed E-state index contributed by atoms with van der Waals surface area (Å²) in [7, 11) is 0. The van der Waals surface area contributed by atoms with Gasteiger partial charge in [-0.25, -0.2) is 0 Å². The van der Waals surface area contributed by atoms with Gasteiger partial charge >= 0.3 is 5.97 Å². The summed E-state index contributed by atoms with van der Waals surface area (Å²) >= 11 is 6.27. The monoisotopic (exact) mass is 362 g/mol. The molecule has 23 heavy (non-hydrogen) atoms. The van der Waals surface area contributed by atoms with E-state index in [1.54, 1.807) is 6.92 Å². The van der Waals surface area contributed by atoms with Crippen molar-refractivity contribution in [1.82, 2.24) is 4.98 Å². The van der Waals surface area contributed by atoms with Crippen molar-refractivity contribution in [2.24, 2.45) is 11.5 Å². The van der Waals surface area contributed by atoms with Gasteiger partial charge in [0.2, 0.25) is 5.91 Å². The Morgan fingerprint density at radius 2 is 1.83 bits per heavy atom. The molecule has 0 fully saturated rings. The Kier molecular flexibility index (Phi) is 6.91. The number of ether oxygens (including phenoxy) is 1. The highest BCUT2D eigenvalue weighted by atomic mass is 35.5. The molecule has 0 saturated heterocycles. The van der Waals surface area contributed by atoms with Crippen LogP contribution in [0, 0.1) is 0 Å². The van der Waals surface area contributed by atoms with Crippen LogP contribution in [0.3, 0.4) is 0 Å². The molecule has 3 amide bonds. The Bertz CT molecular complexity index is 646. The maximum Gasteiger partial charge on any atom is 0.316 e. The first-order valence-electron chi connectivity index (χ1n) is 6.31. The number of nitrogens with one attached hydrogen (secondary N) is 2. The van der Waals surface area contributed by atoms with Crippen molar-refractivity contribution in [3.05, 3.63) is 11.1 Å². The first-order valence-corrected chi connectivity index (χ1v) is 7.83. The molecule has 0 radical (unpaired) electrons. The molecule has 126 valence electrons. The van der Waals surface area contributed by atoms with E-state index in [4.69, 9.17) is 27.8 Å². The molecule has 0 bridgehead atoms. The van der Waals surface area contributed by atoms with Crippen LogP contribution in [-0.4, -0.2) is 46.9 Å². The Balaban J connectivity index is 3.20. The minimum absolute atomic E-state index is 0.108. The average Bonchev–Trinajstić information content (AvgIpc) is 2.83. The van der Waals surface area contributed by atoms with Crippen LogP contribution in [-0.2, 0) is 14.3 Å². The maximum absolute atomic E-state index is 11.6. The van der Waals surface area contributed by atoms with Gasteiger partial charge in [-0.15, -0.1) is 11.6 Å². The number of aromatic amines is 1. The molecule has 6 N–H and O–H groups in total. The summed E-state index contributed by atoms with van der Waals surface area (Å²) in [4.78, 5) is 48.6. The minimum Gasteiger partial charge on any atom is -0.465 e. The number of alkyl halides is 1. The second-order valence-corrected chi connectivity index (χ2v) is 5.34. The Morgan fingerprint density at radius 1 is 1.22 bits per heavy atom. The van der Waals surface area contributed by atoms with Crippen LogP contribution in [0.4, 0.5) is 5.82 Å². The highest BCUT2D eigenvalue weighted by molar-refractivity contribution is 8.00. The van der Waals surface area contributed by atoms with E-state index >= 15 is 0 Å². The van der Waals surface area contributed by atoms with Crippen LogP contribution < -0.4 is 16.8 Å². The number of anilines is 1. The van der Waals surface area contributed by atoms with E-state index in [-0.39, 0.29) is 40.2 Å². The normalized spacial score (nSPS) is 10.2. The highest BCUT2D eigenvalue weighted by Gasteiger charge is 2.26. The quantitative estimate of drug-likeness (QED) is 0.290. The number of carbonyl (C=O) groups excluding carboxylic acids is 4. The molecule has 9 nitrogen and oxygen atoms in total. The molecule has 0 aliphatic rings. The largest absolute Gasteiger partial charge is 0.465 e. The number of halogens is 1. The van der Waals surface area contributed by atoms with E-state index in [1.807, 2.05) is 0 Å². The van der Waals surface area contributed by atoms with E-state index < -0.39 is 23.7 Å². The standard InChI is InChI=1S/C12H15ClN4O5S/c1-2-22-6(19)4-23-12-8(10(15)21)7(9(14)20)11(17-12)16-5(18)3-13/h17H,2-4H2,1H3,(H2,14,20)(H2,15,21)(H,16,18). The summed E-state index contributed by atoms with van der Waals surface area (Å²) < 4.78 is 4.76. The smallest absolute Gasteiger partial charge is 0.316 e. The van der Waals surface area contributed by atoms with Gasteiger partial charge in [0, 0.05) is 0 Å². The second kappa shape index (κ2) is 8.44. The summed E-state index contributed by atoms with van der Waals surface area (Å²) in [6.45, 7) is 1.85. The van der Waals surface area contributed by atoms with Gasteiger partial charge in [-0.3, -0.25) is 19.2 Å². The first-order chi connectivity index (χ1) is 10.8. The van der Waals surface area contributed by atoms with Crippen molar-refractivity contribution in [2.75, 3.05) is 23.6 Å². The SMILES string of the molecule is CCOC(=O)CSc1[nH]c(NC(=O)CCl)c(C(N)=O)c1C(N)=O. The number of aromatic nitrogens is 1. The van der Waals surface area contributed by atoms with Crippen molar-refractivity contribution >= 4 is 52.9 Å². The molecule has 0 aliphatic heterocycles. The lowest BCUT2D eigenvalue weighted by Gasteiger charge is -2.03. The fraction of sp³-hybridized carbons (Fsp3) is 0.333. The third-order valence-corrected chi connectivity index (χ3v) is 3.70. The maximum atomic E-state index is 11.6. The molecule has 1 aromatic rings. The van der Waals surface area contributed by atoms with Crippen LogP contribution in [0.2, 0.25) is 0 Å². The van der Waals surface area contributed by atoms with Gasteiger partial charge in [0.15, 0.2) is 0 Å². The van der Waals surface area contributed by atoms with Crippen LogP contribution in [0.25, 0.3) is 0 Å². The van der Waals surface area contributed by atoms with Crippen molar-refractivity contribution in [3.63, 3.8) is 0 Å². The third-order valence-electron chi connectivity index (χ3n) is 2.48.